The van der Waals surface area contributed by atoms with E-state index in [1.807, 2.05) is 0 Å². The van der Waals surface area contributed by atoms with Gasteiger partial charge in [-0.15, -0.1) is 0 Å². The Kier molecular flexibility index (Phi) is 2.13. The van der Waals surface area contributed by atoms with E-state index in [1.165, 1.54) is 0 Å². The largest absolute Gasteiger partial charge is 0.353 e. The fraction of sp³-hybridized carbons (Fsp3) is 0.400. The number of anilines is 1. The number of rotatable bonds is 2. The van der Waals surface area contributed by atoms with E-state index in [4.69, 9.17) is 0 Å². The summed E-state index contributed by atoms with van der Waals surface area (Å²) in [6.07, 6.45) is 0.561. The first-order valence-corrected chi connectivity index (χ1v) is 4.44. The summed E-state index contributed by atoms with van der Waals surface area (Å²) in [5, 5.41) is 0. The molecule has 1 heterocycles. The molecule has 0 radical (unpaired) electrons. The Bertz CT molecular complexity index is 338. The molecule has 1 aromatic rings. The van der Waals surface area contributed by atoms with Crippen molar-refractivity contribution in [3.05, 3.63) is 29.8 Å². The minimum Gasteiger partial charge on any atom is -0.311 e. The predicted octanol–water partition coefficient (Wildman–Crippen LogP) is 2.61. The topological polar surface area (TPSA) is 3.24 Å². The van der Waals surface area contributed by atoms with Crippen LogP contribution in [0, 0.1) is 0 Å². The molecule has 4 heteroatoms. The van der Waals surface area contributed by atoms with E-state index in [-0.39, 0.29) is 6.54 Å². The minimum absolute atomic E-state index is 0.191. The summed E-state index contributed by atoms with van der Waals surface area (Å²) >= 11 is 0. The molecular weight excluding hydrogens is 191 g/mol. The zero-order valence-corrected chi connectivity index (χ0v) is 7.51. The van der Waals surface area contributed by atoms with Crippen LogP contribution in [0.2, 0.25) is 0 Å². The lowest BCUT2D eigenvalue weighted by atomic mass is 10.2. The minimum atomic E-state index is -3.37. The van der Waals surface area contributed by atoms with Crippen LogP contribution in [-0.2, 0) is 6.42 Å². The number of halogens is 3. The van der Waals surface area contributed by atoms with Crippen molar-refractivity contribution in [2.45, 2.75) is 12.5 Å². The van der Waals surface area contributed by atoms with Crippen LogP contribution in [0.3, 0.4) is 0 Å². The summed E-state index contributed by atoms with van der Waals surface area (Å²) in [5.74, 6) is 0. The first-order chi connectivity index (χ1) is 6.65. The Hall–Kier alpha value is -1.19. The zero-order chi connectivity index (χ0) is 10.2. The molecule has 0 aliphatic carbocycles. The van der Waals surface area contributed by atoms with Crippen molar-refractivity contribution in [2.75, 3.05) is 18.1 Å². The van der Waals surface area contributed by atoms with E-state index in [2.05, 4.69) is 0 Å². The second-order valence-corrected chi connectivity index (χ2v) is 3.33. The smallest absolute Gasteiger partial charge is 0.311 e. The standard InChI is InChI=1S/C10H10F3N/c11-7-10(12,13)14-6-5-8-3-1-2-4-9(8)14/h1-4H,5-7H2. The second kappa shape index (κ2) is 3.19. The van der Waals surface area contributed by atoms with Gasteiger partial charge >= 0.3 is 6.05 Å². The van der Waals surface area contributed by atoms with Gasteiger partial charge < -0.3 is 4.90 Å². The van der Waals surface area contributed by atoms with E-state index in [0.717, 1.165) is 10.5 Å². The molecule has 0 saturated heterocycles. The maximum absolute atomic E-state index is 13.1. The van der Waals surface area contributed by atoms with Crippen molar-refractivity contribution in [3.8, 4) is 0 Å². The fourth-order valence-electron chi connectivity index (χ4n) is 1.75. The van der Waals surface area contributed by atoms with Crippen LogP contribution in [0.5, 0.6) is 0 Å². The van der Waals surface area contributed by atoms with Crippen molar-refractivity contribution < 1.29 is 13.2 Å². The summed E-state index contributed by atoms with van der Waals surface area (Å²) in [6.45, 7) is -1.45. The highest BCUT2D eigenvalue weighted by Crippen LogP contribution is 2.35. The third kappa shape index (κ3) is 1.35. The molecule has 14 heavy (non-hydrogen) atoms. The molecule has 76 valence electrons. The van der Waals surface area contributed by atoms with Gasteiger partial charge in [0, 0.05) is 12.2 Å². The summed E-state index contributed by atoms with van der Waals surface area (Å²) in [6, 6.07) is 3.52. The number of alkyl halides is 3. The van der Waals surface area contributed by atoms with Crippen LogP contribution in [0.25, 0.3) is 0 Å². The molecule has 0 unspecified atom stereocenters. The highest BCUT2D eigenvalue weighted by Gasteiger charge is 2.40. The molecule has 0 N–H and O–H groups in total. The molecule has 1 nitrogen and oxygen atoms in total. The van der Waals surface area contributed by atoms with Crippen molar-refractivity contribution in [2.24, 2.45) is 0 Å². The van der Waals surface area contributed by atoms with Crippen molar-refractivity contribution in [1.82, 2.24) is 0 Å². The van der Waals surface area contributed by atoms with E-state index in [1.54, 1.807) is 24.3 Å². The van der Waals surface area contributed by atoms with Gasteiger partial charge in [-0.25, -0.2) is 4.39 Å². The molecule has 0 saturated carbocycles. The third-order valence-electron chi connectivity index (χ3n) is 2.44. The molecule has 0 aromatic heterocycles. The lowest BCUT2D eigenvalue weighted by Gasteiger charge is -2.27. The molecule has 0 atom stereocenters. The Morgan fingerprint density at radius 2 is 2.00 bits per heavy atom. The van der Waals surface area contributed by atoms with Crippen molar-refractivity contribution in [1.29, 1.82) is 0 Å². The second-order valence-electron chi connectivity index (χ2n) is 3.33. The van der Waals surface area contributed by atoms with Crippen LogP contribution in [0.15, 0.2) is 24.3 Å². The quantitative estimate of drug-likeness (QED) is 0.665. The van der Waals surface area contributed by atoms with Gasteiger partial charge in [0.05, 0.1) is 0 Å². The van der Waals surface area contributed by atoms with Gasteiger partial charge in [-0.05, 0) is 18.1 Å². The lowest BCUT2D eigenvalue weighted by Crippen LogP contribution is -2.42. The normalized spacial score (nSPS) is 15.8. The van der Waals surface area contributed by atoms with Crippen LogP contribution < -0.4 is 4.90 Å². The Labute approximate surface area is 80.1 Å². The van der Waals surface area contributed by atoms with Crippen molar-refractivity contribution >= 4 is 5.69 Å². The molecule has 1 aliphatic rings. The van der Waals surface area contributed by atoms with E-state index >= 15 is 0 Å². The van der Waals surface area contributed by atoms with Gasteiger partial charge in [0.15, 0.2) is 6.67 Å². The Morgan fingerprint density at radius 3 is 2.71 bits per heavy atom. The molecule has 0 fully saturated rings. The van der Waals surface area contributed by atoms with Gasteiger partial charge in [-0.3, -0.25) is 0 Å². The maximum atomic E-state index is 13.1. The van der Waals surface area contributed by atoms with E-state index in [0.29, 0.717) is 12.1 Å². The van der Waals surface area contributed by atoms with Gasteiger partial charge in [0.1, 0.15) is 0 Å². The summed E-state index contributed by atoms with van der Waals surface area (Å²) < 4.78 is 38.3. The zero-order valence-electron chi connectivity index (χ0n) is 7.51. The fourth-order valence-corrected chi connectivity index (χ4v) is 1.75. The lowest BCUT2D eigenvalue weighted by molar-refractivity contribution is -0.0233. The SMILES string of the molecule is FCC(F)(F)N1CCc2ccccc21. The van der Waals surface area contributed by atoms with Gasteiger partial charge in [-0.2, -0.15) is 8.78 Å². The number of nitrogens with zero attached hydrogens (tertiary/aromatic N) is 1. The monoisotopic (exact) mass is 201 g/mol. The first kappa shape index (κ1) is 9.37. The molecule has 2 rings (SSSR count). The highest BCUT2D eigenvalue weighted by atomic mass is 19.3. The van der Waals surface area contributed by atoms with Crippen LogP contribution in [0.4, 0.5) is 18.9 Å². The Balaban J connectivity index is 2.35. The molecular formula is C10H10F3N. The maximum Gasteiger partial charge on any atom is 0.353 e. The molecule has 0 bridgehead atoms. The van der Waals surface area contributed by atoms with Gasteiger partial charge in [-0.1, -0.05) is 18.2 Å². The van der Waals surface area contributed by atoms with Gasteiger partial charge in [0.25, 0.3) is 0 Å². The van der Waals surface area contributed by atoms with Crippen LogP contribution in [0.1, 0.15) is 5.56 Å². The summed E-state index contributed by atoms with van der Waals surface area (Å²) in [7, 11) is 0. The molecule has 0 spiro atoms. The summed E-state index contributed by atoms with van der Waals surface area (Å²) in [4.78, 5) is 0.836. The average Bonchev–Trinajstić information content (AvgIpc) is 2.61. The van der Waals surface area contributed by atoms with Crippen LogP contribution >= 0.6 is 0 Å². The van der Waals surface area contributed by atoms with E-state index in [9.17, 15) is 13.2 Å². The first-order valence-electron chi connectivity index (χ1n) is 4.44. The number of para-hydroxylation sites is 1. The summed E-state index contributed by atoms with van der Waals surface area (Å²) in [5.41, 5.74) is 1.32. The number of hydrogen-bond acceptors (Lipinski definition) is 1. The van der Waals surface area contributed by atoms with Gasteiger partial charge in [0.2, 0.25) is 0 Å². The number of hydrogen-bond donors (Lipinski definition) is 0. The highest BCUT2D eigenvalue weighted by molar-refractivity contribution is 5.58. The third-order valence-corrected chi connectivity index (χ3v) is 2.44. The van der Waals surface area contributed by atoms with Crippen molar-refractivity contribution in [3.63, 3.8) is 0 Å². The van der Waals surface area contributed by atoms with E-state index < -0.39 is 12.7 Å². The number of fused-ring (bicyclic) bond motifs is 1. The Morgan fingerprint density at radius 1 is 1.29 bits per heavy atom. The molecule has 1 aliphatic heterocycles. The number of benzene rings is 1. The molecule has 0 amide bonds. The van der Waals surface area contributed by atoms with Crippen LogP contribution in [-0.4, -0.2) is 19.3 Å². The molecule has 1 aromatic carbocycles. The predicted molar refractivity (Wildman–Crippen MR) is 48.4 cm³/mol. The average molecular weight is 201 g/mol.